The highest BCUT2D eigenvalue weighted by molar-refractivity contribution is 5.01. The molecule has 0 aromatic heterocycles. The summed E-state index contributed by atoms with van der Waals surface area (Å²) in [5.41, 5.74) is 0.730. The Balaban J connectivity index is 1.62. The molecule has 2 rings (SSSR count). The summed E-state index contributed by atoms with van der Waals surface area (Å²) >= 11 is 0. The van der Waals surface area contributed by atoms with Crippen LogP contribution in [-0.4, -0.2) is 37.1 Å². The Morgan fingerprint density at radius 1 is 1.06 bits per heavy atom. The van der Waals surface area contributed by atoms with E-state index in [2.05, 4.69) is 24.1 Å². The van der Waals surface area contributed by atoms with Gasteiger partial charge in [-0.2, -0.15) is 0 Å². The zero-order chi connectivity index (χ0) is 12.8. The quantitative estimate of drug-likeness (QED) is 0.698. The SMILES string of the molecule is CCN(CC)CCCNC1CCC12CCCCC2. The largest absolute Gasteiger partial charge is 0.313 e. The molecule has 1 N–H and O–H groups in total. The Kier molecular flexibility index (Phi) is 5.50. The Bertz CT molecular complexity index is 229. The van der Waals surface area contributed by atoms with E-state index in [1.54, 1.807) is 0 Å². The van der Waals surface area contributed by atoms with Crippen LogP contribution in [0.25, 0.3) is 0 Å². The van der Waals surface area contributed by atoms with Crippen molar-refractivity contribution in [3.8, 4) is 0 Å². The molecule has 2 aliphatic rings. The molecule has 18 heavy (non-hydrogen) atoms. The van der Waals surface area contributed by atoms with Crippen molar-refractivity contribution < 1.29 is 0 Å². The van der Waals surface area contributed by atoms with Gasteiger partial charge in [-0.15, -0.1) is 0 Å². The second kappa shape index (κ2) is 6.91. The fourth-order valence-corrected chi connectivity index (χ4v) is 3.99. The second-order valence-electron chi connectivity index (χ2n) is 6.35. The lowest BCUT2D eigenvalue weighted by Crippen LogP contribution is -2.54. The van der Waals surface area contributed by atoms with Crippen molar-refractivity contribution in [3.05, 3.63) is 0 Å². The van der Waals surface area contributed by atoms with Crippen molar-refractivity contribution in [2.24, 2.45) is 5.41 Å². The summed E-state index contributed by atoms with van der Waals surface area (Å²) in [6, 6.07) is 0.856. The van der Waals surface area contributed by atoms with Crippen molar-refractivity contribution in [3.63, 3.8) is 0 Å². The van der Waals surface area contributed by atoms with Gasteiger partial charge in [0.15, 0.2) is 0 Å². The zero-order valence-electron chi connectivity index (χ0n) is 12.5. The third-order valence-corrected chi connectivity index (χ3v) is 5.46. The van der Waals surface area contributed by atoms with Crippen LogP contribution in [-0.2, 0) is 0 Å². The molecule has 2 saturated carbocycles. The molecule has 2 heteroatoms. The molecular formula is C16H32N2. The van der Waals surface area contributed by atoms with Crippen LogP contribution in [0.4, 0.5) is 0 Å². The number of nitrogens with zero attached hydrogens (tertiary/aromatic N) is 1. The van der Waals surface area contributed by atoms with Crippen LogP contribution in [0.5, 0.6) is 0 Å². The number of nitrogens with one attached hydrogen (secondary N) is 1. The molecule has 1 spiro atoms. The van der Waals surface area contributed by atoms with E-state index in [1.807, 2.05) is 0 Å². The minimum atomic E-state index is 0.730. The van der Waals surface area contributed by atoms with E-state index in [1.165, 1.54) is 77.5 Å². The van der Waals surface area contributed by atoms with Crippen molar-refractivity contribution in [1.29, 1.82) is 0 Å². The maximum Gasteiger partial charge on any atom is 0.0124 e. The van der Waals surface area contributed by atoms with E-state index in [0.29, 0.717) is 0 Å². The minimum absolute atomic E-state index is 0.730. The first kappa shape index (κ1) is 14.3. The topological polar surface area (TPSA) is 15.3 Å². The molecule has 0 aromatic carbocycles. The predicted molar refractivity (Wildman–Crippen MR) is 78.9 cm³/mol. The van der Waals surface area contributed by atoms with Gasteiger partial charge in [0.25, 0.3) is 0 Å². The van der Waals surface area contributed by atoms with Crippen LogP contribution in [0.1, 0.15) is 65.2 Å². The Morgan fingerprint density at radius 2 is 1.78 bits per heavy atom. The van der Waals surface area contributed by atoms with Gasteiger partial charge in [-0.25, -0.2) is 0 Å². The highest BCUT2D eigenvalue weighted by Crippen LogP contribution is 2.51. The van der Waals surface area contributed by atoms with Crippen molar-refractivity contribution in [1.82, 2.24) is 10.2 Å². The smallest absolute Gasteiger partial charge is 0.0124 e. The van der Waals surface area contributed by atoms with Gasteiger partial charge in [-0.05, 0) is 63.7 Å². The van der Waals surface area contributed by atoms with Crippen LogP contribution in [0.15, 0.2) is 0 Å². The molecule has 106 valence electrons. The van der Waals surface area contributed by atoms with E-state index in [4.69, 9.17) is 0 Å². The van der Waals surface area contributed by atoms with Gasteiger partial charge in [0.2, 0.25) is 0 Å². The molecule has 2 fully saturated rings. The van der Waals surface area contributed by atoms with Crippen molar-refractivity contribution in [2.45, 2.75) is 71.3 Å². The molecule has 2 nitrogen and oxygen atoms in total. The average molecular weight is 252 g/mol. The molecule has 0 radical (unpaired) electrons. The molecular weight excluding hydrogens is 220 g/mol. The second-order valence-corrected chi connectivity index (χ2v) is 6.35. The summed E-state index contributed by atoms with van der Waals surface area (Å²) in [6.45, 7) is 9.41. The molecule has 2 aliphatic carbocycles. The summed E-state index contributed by atoms with van der Waals surface area (Å²) in [4.78, 5) is 2.53. The number of rotatable bonds is 7. The summed E-state index contributed by atoms with van der Waals surface area (Å²) in [5.74, 6) is 0. The molecule has 0 aliphatic heterocycles. The van der Waals surface area contributed by atoms with Crippen LogP contribution in [0.2, 0.25) is 0 Å². The van der Waals surface area contributed by atoms with Crippen LogP contribution in [0.3, 0.4) is 0 Å². The number of hydrogen-bond acceptors (Lipinski definition) is 2. The van der Waals surface area contributed by atoms with Gasteiger partial charge in [-0.1, -0.05) is 33.1 Å². The highest BCUT2D eigenvalue weighted by atomic mass is 15.1. The maximum atomic E-state index is 3.86. The predicted octanol–water partition coefficient (Wildman–Crippen LogP) is 3.42. The molecule has 0 aromatic rings. The average Bonchev–Trinajstić information content (AvgIpc) is 2.42. The molecule has 0 amide bonds. The molecule has 1 unspecified atom stereocenters. The fourth-order valence-electron chi connectivity index (χ4n) is 3.99. The molecule has 0 bridgehead atoms. The minimum Gasteiger partial charge on any atom is -0.313 e. The summed E-state index contributed by atoms with van der Waals surface area (Å²) < 4.78 is 0. The molecule has 0 heterocycles. The van der Waals surface area contributed by atoms with E-state index < -0.39 is 0 Å². The van der Waals surface area contributed by atoms with Crippen LogP contribution >= 0.6 is 0 Å². The third-order valence-electron chi connectivity index (χ3n) is 5.46. The third kappa shape index (κ3) is 3.27. The van der Waals surface area contributed by atoms with E-state index in [0.717, 1.165) is 11.5 Å². The van der Waals surface area contributed by atoms with Gasteiger partial charge < -0.3 is 10.2 Å². The first-order valence-electron chi connectivity index (χ1n) is 8.26. The normalized spacial score (nSPS) is 26.5. The van der Waals surface area contributed by atoms with E-state index in [-0.39, 0.29) is 0 Å². The monoisotopic (exact) mass is 252 g/mol. The summed E-state index contributed by atoms with van der Waals surface area (Å²) in [6.07, 6.45) is 11.7. The highest BCUT2D eigenvalue weighted by Gasteiger charge is 2.46. The Morgan fingerprint density at radius 3 is 2.33 bits per heavy atom. The van der Waals surface area contributed by atoms with Crippen LogP contribution < -0.4 is 5.32 Å². The van der Waals surface area contributed by atoms with Crippen LogP contribution in [0, 0.1) is 5.41 Å². The first-order chi connectivity index (χ1) is 8.80. The summed E-state index contributed by atoms with van der Waals surface area (Å²) in [7, 11) is 0. The van der Waals surface area contributed by atoms with Gasteiger partial charge >= 0.3 is 0 Å². The van der Waals surface area contributed by atoms with Gasteiger partial charge in [0, 0.05) is 6.04 Å². The zero-order valence-corrected chi connectivity index (χ0v) is 12.5. The van der Waals surface area contributed by atoms with Crippen molar-refractivity contribution in [2.75, 3.05) is 26.2 Å². The summed E-state index contributed by atoms with van der Waals surface area (Å²) in [5, 5.41) is 3.86. The molecule has 0 saturated heterocycles. The lowest BCUT2D eigenvalue weighted by atomic mass is 9.57. The molecule has 1 atom stereocenters. The van der Waals surface area contributed by atoms with Crippen molar-refractivity contribution >= 4 is 0 Å². The standard InChI is InChI=1S/C16H32N2/c1-3-18(4-2)14-8-13-17-15-9-12-16(15)10-6-5-7-11-16/h15,17H,3-14H2,1-2H3. The van der Waals surface area contributed by atoms with E-state index >= 15 is 0 Å². The van der Waals surface area contributed by atoms with Gasteiger partial charge in [0.1, 0.15) is 0 Å². The Hall–Kier alpha value is -0.0800. The van der Waals surface area contributed by atoms with Gasteiger partial charge in [-0.3, -0.25) is 0 Å². The fraction of sp³-hybridized carbons (Fsp3) is 1.00. The lowest BCUT2D eigenvalue weighted by molar-refractivity contribution is 0.0229. The number of hydrogen-bond donors (Lipinski definition) is 1. The lowest BCUT2D eigenvalue weighted by Gasteiger charge is -2.52. The maximum absolute atomic E-state index is 3.86. The Labute approximate surface area is 114 Å². The van der Waals surface area contributed by atoms with E-state index in [9.17, 15) is 0 Å². The first-order valence-corrected chi connectivity index (χ1v) is 8.26. The van der Waals surface area contributed by atoms with Gasteiger partial charge in [0.05, 0.1) is 0 Å².